The molecule has 3 aliphatic carbocycles. The van der Waals surface area contributed by atoms with Gasteiger partial charge in [-0.15, -0.1) is 0 Å². The summed E-state index contributed by atoms with van der Waals surface area (Å²) in [7, 11) is 0. The Balaban J connectivity index is 1.80. The molecule has 3 nitrogen and oxygen atoms in total. The van der Waals surface area contributed by atoms with Crippen LogP contribution in [0.15, 0.2) is 11.6 Å². The van der Waals surface area contributed by atoms with E-state index in [-0.39, 0.29) is 41.0 Å². The second-order valence-electron chi connectivity index (χ2n) is 9.41. The zero-order valence-electron chi connectivity index (χ0n) is 14.8. The second-order valence-corrected chi connectivity index (χ2v) is 9.41. The average molecular weight is 316 g/mol. The number of hydrogen-bond donors (Lipinski definition) is 0. The van der Waals surface area contributed by atoms with E-state index in [1.165, 1.54) is 25.7 Å². The number of ether oxygens (including phenoxy) is 1. The number of ketones is 2. The molecule has 0 amide bonds. The Morgan fingerprint density at radius 2 is 1.83 bits per heavy atom. The predicted octanol–water partition coefficient (Wildman–Crippen LogP) is 3.85. The molecule has 4 aliphatic rings. The van der Waals surface area contributed by atoms with E-state index in [2.05, 4.69) is 33.8 Å². The Morgan fingerprint density at radius 3 is 2.57 bits per heavy atom. The first-order chi connectivity index (χ1) is 10.7. The van der Waals surface area contributed by atoms with Crippen molar-refractivity contribution in [2.75, 3.05) is 0 Å². The van der Waals surface area contributed by atoms with Crippen molar-refractivity contribution in [2.24, 2.45) is 22.7 Å². The Kier molecular flexibility index (Phi) is 3.09. The van der Waals surface area contributed by atoms with Crippen LogP contribution in [-0.4, -0.2) is 23.3 Å². The van der Waals surface area contributed by atoms with E-state index >= 15 is 0 Å². The highest BCUT2D eigenvalue weighted by Crippen LogP contribution is 2.64. The van der Waals surface area contributed by atoms with Crippen LogP contribution in [-0.2, 0) is 14.3 Å². The molecular formula is C20H28O3. The molecule has 1 unspecified atom stereocenters. The monoisotopic (exact) mass is 316 g/mol. The maximum Gasteiger partial charge on any atom is 0.226 e. The van der Waals surface area contributed by atoms with Gasteiger partial charge in [-0.05, 0) is 49.4 Å². The highest BCUT2D eigenvalue weighted by atomic mass is 16.5. The Hall–Kier alpha value is -0.960. The first-order valence-corrected chi connectivity index (χ1v) is 9.14. The van der Waals surface area contributed by atoms with Gasteiger partial charge in [0.05, 0.1) is 11.7 Å². The molecule has 0 saturated heterocycles. The summed E-state index contributed by atoms with van der Waals surface area (Å²) in [5.41, 5.74) is 0.943. The molecule has 0 aromatic rings. The van der Waals surface area contributed by atoms with Crippen LogP contribution in [0.25, 0.3) is 0 Å². The number of hydrogen-bond acceptors (Lipinski definition) is 3. The standard InChI is InChI=1S/C20H28O3/c1-18(2)7-5-8-19(3)15(18)6-9-20(4)16(19)10-12-14(23-20)11-13(21)17(12)22/h10,14-16H,5-9,11H2,1-4H3/t14?,15-,16+,19-,20-/m0/s1. The Morgan fingerprint density at radius 1 is 1.09 bits per heavy atom. The largest absolute Gasteiger partial charge is 0.366 e. The molecule has 1 heterocycles. The summed E-state index contributed by atoms with van der Waals surface area (Å²) in [6.07, 6.45) is 8.07. The number of Topliss-reactive ketones (excluding diaryl/α,β-unsaturated/α-hetero) is 2. The van der Waals surface area contributed by atoms with Gasteiger partial charge < -0.3 is 4.74 Å². The number of carbonyl (C=O) groups is 2. The van der Waals surface area contributed by atoms with Crippen LogP contribution in [0.5, 0.6) is 0 Å². The lowest BCUT2D eigenvalue weighted by atomic mass is 9.45. The molecule has 3 heteroatoms. The maximum atomic E-state index is 12.2. The molecule has 0 aromatic heterocycles. The minimum atomic E-state index is -0.294. The number of carbonyl (C=O) groups excluding carboxylic acids is 2. The van der Waals surface area contributed by atoms with Crippen molar-refractivity contribution in [1.29, 1.82) is 0 Å². The van der Waals surface area contributed by atoms with Gasteiger partial charge in [-0.25, -0.2) is 0 Å². The minimum Gasteiger partial charge on any atom is -0.366 e. The van der Waals surface area contributed by atoms with Gasteiger partial charge in [0.25, 0.3) is 0 Å². The van der Waals surface area contributed by atoms with Crippen molar-refractivity contribution >= 4 is 11.6 Å². The van der Waals surface area contributed by atoms with Gasteiger partial charge in [-0.2, -0.15) is 0 Å². The van der Waals surface area contributed by atoms with Crippen molar-refractivity contribution < 1.29 is 14.3 Å². The first kappa shape index (κ1) is 15.6. The smallest absolute Gasteiger partial charge is 0.226 e. The van der Waals surface area contributed by atoms with Crippen LogP contribution < -0.4 is 0 Å². The summed E-state index contributed by atoms with van der Waals surface area (Å²) >= 11 is 0. The van der Waals surface area contributed by atoms with Crippen LogP contribution in [0.4, 0.5) is 0 Å². The first-order valence-electron chi connectivity index (χ1n) is 9.14. The molecule has 0 N–H and O–H groups in total. The third-order valence-electron chi connectivity index (χ3n) is 7.56. The summed E-state index contributed by atoms with van der Waals surface area (Å²) in [4.78, 5) is 24.1. The molecular weight excluding hydrogens is 288 g/mol. The highest BCUT2D eigenvalue weighted by Gasteiger charge is 2.61. The highest BCUT2D eigenvalue weighted by molar-refractivity contribution is 6.46. The maximum absolute atomic E-state index is 12.2. The quantitative estimate of drug-likeness (QED) is 0.637. The lowest BCUT2D eigenvalue weighted by molar-refractivity contribution is -0.195. The van der Waals surface area contributed by atoms with Gasteiger partial charge in [0.2, 0.25) is 11.6 Å². The molecule has 5 atom stereocenters. The van der Waals surface area contributed by atoms with Crippen molar-refractivity contribution in [2.45, 2.75) is 77.9 Å². The lowest BCUT2D eigenvalue weighted by Crippen LogP contribution is -2.60. The van der Waals surface area contributed by atoms with Gasteiger partial charge in [0.15, 0.2) is 0 Å². The van der Waals surface area contributed by atoms with E-state index in [0.29, 0.717) is 16.9 Å². The Bertz CT molecular complexity index is 616. The Labute approximate surface area is 138 Å². The molecule has 126 valence electrons. The molecule has 3 fully saturated rings. The summed E-state index contributed by atoms with van der Waals surface area (Å²) in [6, 6.07) is 0. The fourth-order valence-corrected chi connectivity index (χ4v) is 6.51. The fraction of sp³-hybridized carbons (Fsp3) is 0.800. The zero-order chi connectivity index (χ0) is 16.6. The summed E-state index contributed by atoms with van der Waals surface area (Å²) in [5, 5.41) is 0. The summed E-state index contributed by atoms with van der Waals surface area (Å²) < 4.78 is 6.42. The van der Waals surface area contributed by atoms with Crippen LogP contribution >= 0.6 is 0 Å². The number of fused-ring (bicyclic) bond motifs is 4. The molecule has 3 saturated carbocycles. The molecule has 1 aliphatic heterocycles. The topological polar surface area (TPSA) is 43.4 Å². The summed E-state index contributed by atoms with van der Waals surface area (Å²) in [6.45, 7) is 9.42. The van der Waals surface area contributed by atoms with E-state index in [1.54, 1.807) is 0 Å². The zero-order valence-corrected chi connectivity index (χ0v) is 14.8. The van der Waals surface area contributed by atoms with E-state index < -0.39 is 0 Å². The van der Waals surface area contributed by atoms with Crippen molar-refractivity contribution in [3.05, 3.63) is 11.6 Å². The third-order valence-corrected chi connectivity index (χ3v) is 7.56. The van der Waals surface area contributed by atoms with Gasteiger partial charge in [-0.1, -0.05) is 33.3 Å². The second kappa shape index (κ2) is 4.56. The van der Waals surface area contributed by atoms with Gasteiger partial charge >= 0.3 is 0 Å². The van der Waals surface area contributed by atoms with Crippen molar-refractivity contribution in [3.8, 4) is 0 Å². The van der Waals surface area contributed by atoms with E-state index in [1.807, 2.05) is 0 Å². The van der Waals surface area contributed by atoms with Crippen molar-refractivity contribution in [3.63, 3.8) is 0 Å². The van der Waals surface area contributed by atoms with E-state index in [0.717, 1.165) is 6.42 Å². The van der Waals surface area contributed by atoms with Gasteiger partial charge in [0, 0.05) is 17.9 Å². The normalized spacial score (nSPS) is 48.3. The lowest BCUT2D eigenvalue weighted by Gasteiger charge is -2.63. The van der Waals surface area contributed by atoms with Gasteiger partial charge in [0.1, 0.15) is 0 Å². The third kappa shape index (κ3) is 1.98. The fourth-order valence-electron chi connectivity index (χ4n) is 6.51. The molecule has 0 spiro atoms. The molecule has 0 aromatic carbocycles. The van der Waals surface area contributed by atoms with Crippen LogP contribution in [0.1, 0.15) is 66.2 Å². The van der Waals surface area contributed by atoms with Gasteiger partial charge in [-0.3, -0.25) is 9.59 Å². The predicted molar refractivity (Wildman–Crippen MR) is 87.9 cm³/mol. The molecule has 0 bridgehead atoms. The average Bonchev–Trinajstić information content (AvgIpc) is 2.70. The van der Waals surface area contributed by atoms with Crippen LogP contribution in [0.3, 0.4) is 0 Å². The SMILES string of the molecule is CC1(C)CCC[C@]2(C)[C@H]3C=C4C(=O)C(=O)CC4O[C@@]3(C)CC[C@@H]12. The molecule has 4 rings (SSSR count). The van der Waals surface area contributed by atoms with E-state index in [9.17, 15) is 9.59 Å². The molecule has 23 heavy (non-hydrogen) atoms. The summed E-state index contributed by atoms with van der Waals surface area (Å²) in [5.74, 6) is 0.340. The minimum absolute atomic E-state index is 0.165. The number of rotatable bonds is 0. The van der Waals surface area contributed by atoms with Crippen LogP contribution in [0.2, 0.25) is 0 Å². The van der Waals surface area contributed by atoms with Crippen molar-refractivity contribution in [1.82, 2.24) is 0 Å². The van der Waals surface area contributed by atoms with E-state index in [4.69, 9.17) is 4.74 Å². The van der Waals surface area contributed by atoms with Crippen LogP contribution in [0, 0.1) is 22.7 Å². The molecule has 0 radical (unpaired) electrons.